The highest BCUT2D eigenvalue weighted by Gasteiger charge is 2.15. The number of aliphatic carboxylic acids is 1. The van der Waals surface area contributed by atoms with Crippen LogP contribution in [0.15, 0.2) is 42.7 Å². The third-order valence-corrected chi connectivity index (χ3v) is 2.56. The van der Waals surface area contributed by atoms with E-state index < -0.39 is 12.0 Å². The van der Waals surface area contributed by atoms with Crippen molar-refractivity contribution in [3.05, 3.63) is 48.3 Å². The van der Waals surface area contributed by atoms with Gasteiger partial charge >= 0.3 is 5.97 Å². The Hall–Kier alpha value is -2.27. The second-order valence-electron chi connectivity index (χ2n) is 3.87. The number of carboxylic acid groups (broad SMARTS) is 1. The number of hydrogen-bond acceptors (Lipinski definition) is 4. The average Bonchev–Trinajstić information content (AvgIpc) is 2.40. The molecular formula is C13H13N3O2. The second kappa shape index (κ2) is 5.37. The van der Waals surface area contributed by atoms with Gasteiger partial charge in [0.05, 0.1) is 11.4 Å². The molecule has 18 heavy (non-hydrogen) atoms. The maximum atomic E-state index is 10.8. The van der Waals surface area contributed by atoms with E-state index in [-0.39, 0.29) is 6.42 Å². The first-order chi connectivity index (χ1) is 8.68. The molecular weight excluding hydrogens is 230 g/mol. The van der Waals surface area contributed by atoms with E-state index in [1.165, 1.54) is 0 Å². The normalized spacial score (nSPS) is 12.1. The van der Waals surface area contributed by atoms with E-state index in [4.69, 9.17) is 10.8 Å². The fourth-order valence-corrected chi connectivity index (χ4v) is 1.66. The van der Waals surface area contributed by atoms with Crippen LogP contribution in [0.2, 0.25) is 0 Å². The van der Waals surface area contributed by atoms with E-state index in [1.54, 1.807) is 18.5 Å². The van der Waals surface area contributed by atoms with Crippen LogP contribution < -0.4 is 5.73 Å². The van der Waals surface area contributed by atoms with Crippen LogP contribution in [0.3, 0.4) is 0 Å². The SMILES string of the molecule is NC(Cc1cccnc1-c1ccccn1)C(=O)O. The topological polar surface area (TPSA) is 89.1 Å². The Morgan fingerprint density at radius 3 is 2.67 bits per heavy atom. The van der Waals surface area contributed by atoms with Crippen LogP contribution in [-0.4, -0.2) is 27.1 Å². The van der Waals surface area contributed by atoms with Crippen LogP contribution in [-0.2, 0) is 11.2 Å². The number of nitrogens with two attached hydrogens (primary N) is 1. The molecule has 0 aromatic carbocycles. The molecule has 0 aliphatic carbocycles. The van der Waals surface area contributed by atoms with Crippen LogP contribution in [0.4, 0.5) is 0 Å². The zero-order valence-electron chi connectivity index (χ0n) is 9.65. The molecule has 5 nitrogen and oxygen atoms in total. The van der Waals surface area contributed by atoms with Crippen molar-refractivity contribution in [3.63, 3.8) is 0 Å². The van der Waals surface area contributed by atoms with Gasteiger partial charge in [0, 0.05) is 18.8 Å². The van der Waals surface area contributed by atoms with Gasteiger partial charge in [-0.3, -0.25) is 14.8 Å². The molecule has 2 aromatic rings. The van der Waals surface area contributed by atoms with Crippen molar-refractivity contribution in [2.75, 3.05) is 0 Å². The smallest absolute Gasteiger partial charge is 0.320 e. The lowest BCUT2D eigenvalue weighted by Crippen LogP contribution is -2.32. The Kier molecular flexibility index (Phi) is 3.64. The van der Waals surface area contributed by atoms with E-state index in [0.29, 0.717) is 11.4 Å². The van der Waals surface area contributed by atoms with Crippen molar-refractivity contribution in [2.24, 2.45) is 5.73 Å². The molecule has 0 amide bonds. The highest BCUT2D eigenvalue weighted by atomic mass is 16.4. The van der Waals surface area contributed by atoms with Gasteiger partial charge in [-0.2, -0.15) is 0 Å². The van der Waals surface area contributed by atoms with Crippen LogP contribution in [0, 0.1) is 0 Å². The second-order valence-corrected chi connectivity index (χ2v) is 3.87. The average molecular weight is 243 g/mol. The number of carboxylic acids is 1. The van der Waals surface area contributed by atoms with Crippen molar-refractivity contribution in [1.82, 2.24) is 9.97 Å². The molecule has 0 fully saturated rings. The van der Waals surface area contributed by atoms with Gasteiger partial charge in [0.2, 0.25) is 0 Å². The zero-order valence-corrected chi connectivity index (χ0v) is 9.65. The lowest BCUT2D eigenvalue weighted by molar-refractivity contribution is -0.138. The van der Waals surface area contributed by atoms with Gasteiger partial charge in [0.25, 0.3) is 0 Å². The summed E-state index contributed by atoms with van der Waals surface area (Å²) >= 11 is 0. The maximum absolute atomic E-state index is 10.8. The molecule has 2 rings (SSSR count). The molecule has 0 aliphatic rings. The van der Waals surface area contributed by atoms with E-state index in [2.05, 4.69) is 9.97 Å². The summed E-state index contributed by atoms with van der Waals surface area (Å²) in [6, 6.07) is 8.15. The molecule has 0 radical (unpaired) electrons. The number of pyridine rings is 2. The summed E-state index contributed by atoms with van der Waals surface area (Å²) in [5.74, 6) is -1.02. The summed E-state index contributed by atoms with van der Waals surface area (Å²) in [5, 5.41) is 8.84. The van der Waals surface area contributed by atoms with Crippen molar-refractivity contribution in [1.29, 1.82) is 0 Å². The minimum atomic E-state index is -1.02. The standard InChI is InChI=1S/C13H13N3O2/c14-10(13(17)18)8-9-4-3-7-16-12(9)11-5-1-2-6-15-11/h1-7,10H,8,14H2,(H,17,18). The molecule has 5 heteroatoms. The molecule has 0 aliphatic heterocycles. The van der Waals surface area contributed by atoms with Gasteiger partial charge in [-0.15, -0.1) is 0 Å². The van der Waals surface area contributed by atoms with Gasteiger partial charge < -0.3 is 10.8 Å². The number of rotatable bonds is 4. The third kappa shape index (κ3) is 2.70. The van der Waals surface area contributed by atoms with E-state index in [1.807, 2.05) is 24.3 Å². The lowest BCUT2D eigenvalue weighted by atomic mass is 10.0. The Bertz CT molecular complexity index is 543. The lowest BCUT2D eigenvalue weighted by Gasteiger charge is -2.10. The Morgan fingerprint density at radius 2 is 2.00 bits per heavy atom. The molecule has 92 valence electrons. The Labute approximate surface area is 104 Å². The zero-order chi connectivity index (χ0) is 13.0. The Morgan fingerprint density at radius 1 is 1.22 bits per heavy atom. The predicted molar refractivity (Wildman–Crippen MR) is 66.8 cm³/mol. The summed E-state index contributed by atoms with van der Waals surface area (Å²) < 4.78 is 0. The summed E-state index contributed by atoms with van der Waals surface area (Å²) in [6.45, 7) is 0. The largest absolute Gasteiger partial charge is 0.480 e. The van der Waals surface area contributed by atoms with Gasteiger partial charge in [-0.25, -0.2) is 0 Å². The van der Waals surface area contributed by atoms with Crippen LogP contribution >= 0.6 is 0 Å². The van der Waals surface area contributed by atoms with E-state index in [0.717, 1.165) is 5.56 Å². The minimum absolute atomic E-state index is 0.231. The fraction of sp³-hybridized carbons (Fsp3) is 0.154. The molecule has 1 atom stereocenters. The third-order valence-electron chi connectivity index (χ3n) is 2.56. The molecule has 1 unspecified atom stereocenters. The first kappa shape index (κ1) is 12.2. The van der Waals surface area contributed by atoms with Crippen LogP contribution in [0.25, 0.3) is 11.4 Å². The van der Waals surface area contributed by atoms with Crippen LogP contribution in [0.1, 0.15) is 5.56 Å². The maximum Gasteiger partial charge on any atom is 0.320 e. The van der Waals surface area contributed by atoms with Crippen molar-refractivity contribution in [3.8, 4) is 11.4 Å². The fourth-order valence-electron chi connectivity index (χ4n) is 1.66. The number of carbonyl (C=O) groups is 1. The summed E-state index contributed by atoms with van der Waals surface area (Å²) in [5.41, 5.74) is 7.72. The number of hydrogen-bond donors (Lipinski definition) is 2. The van der Waals surface area contributed by atoms with Crippen LogP contribution in [0.5, 0.6) is 0 Å². The molecule has 2 heterocycles. The van der Waals surface area contributed by atoms with Crippen molar-refractivity contribution >= 4 is 5.97 Å². The monoisotopic (exact) mass is 243 g/mol. The molecule has 3 N–H and O–H groups in total. The van der Waals surface area contributed by atoms with E-state index >= 15 is 0 Å². The van der Waals surface area contributed by atoms with Gasteiger partial charge in [-0.1, -0.05) is 12.1 Å². The molecule has 0 bridgehead atoms. The number of aromatic nitrogens is 2. The number of nitrogens with zero attached hydrogens (tertiary/aromatic N) is 2. The summed E-state index contributed by atoms with van der Waals surface area (Å²) in [7, 11) is 0. The first-order valence-electron chi connectivity index (χ1n) is 5.52. The van der Waals surface area contributed by atoms with Gasteiger partial charge in [-0.05, 0) is 23.8 Å². The predicted octanol–water partition coefficient (Wildman–Crippen LogP) is 1.10. The quantitative estimate of drug-likeness (QED) is 0.839. The van der Waals surface area contributed by atoms with Crippen molar-refractivity contribution < 1.29 is 9.90 Å². The Balaban J connectivity index is 2.35. The molecule has 2 aromatic heterocycles. The summed E-state index contributed by atoms with van der Waals surface area (Å²) in [6.07, 6.45) is 3.56. The van der Waals surface area contributed by atoms with Gasteiger partial charge in [0.15, 0.2) is 0 Å². The summed E-state index contributed by atoms with van der Waals surface area (Å²) in [4.78, 5) is 19.3. The minimum Gasteiger partial charge on any atom is -0.480 e. The van der Waals surface area contributed by atoms with Gasteiger partial charge in [0.1, 0.15) is 6.04 Å². The first-order valence-corrected chi connectivity index (χ1v) is 5.52. The highest BCUT2D eigenvalue weighted by molar-refractivity contribution is 5.74. The van der Waals surface area contributed by atoms with Crippen molar-refractivity contribution in [2.45, 2.75) is 12.5 Å². The van der Waals surface area contributed by atoms with E-state index in [9.17, 15) is 4.79 Å². The molecule has 0 saturated carbocycles. The molecule has 0 saturated heterocycles. The highest BCUT2D eigenvalue weighted by Crippen LogP contribution is 2.19. The molecule has 0 spiro atoms.